The Labute approximate surface area is 534 Å². The van der Waals surface area contributed by atoms with Gasteiger partial charge >= 0.3 is 74.0 Å². The van der Waals surface area contributed by atoms with E-state index in [1.54, 1.807) is 0 Å². The zero-order valence-corrected chi connectivity index (χ0v) is 67.4. The van der Waals surface area contributed by atoms with Gasteiger partial charge in [0, 0.05) is 116 Å². The Kier molecular flexibility index (Phi) is 37.0. The van der Waals surface area contributed by atoms with Crippen LogP contribution in [0.2, 0.25) is 66.5 Å². The van der Waals surface area contributed by atoms with E-state index in [1.807, 2.05) is 0 Å². The summed E-state index contributed by atoms with van der Waals surface area (Å²) < 4.78 is 49.2. The van der Waals surface area contributed by atoms with Gasteiger partial charge in [0.25, 0.3) is 0 Å². The van der Waals surface area contributed by atoms with E-state index in [1.165, 1.54) is 0 Å². The van der Waals surface area contributed by atoms with Crippen LogP contribution in [0.15, 0.2) is 0 Å². The molecule has 4 aliphatic heterocycles. The molecule has 0 unspecified atom stereocenters. The standard InChI is InChI=1S/C36H84Si8.C18H36N2O6.2CO.Co.K/c1-29(2,3)41(25,30(4,5)6)37-38(42(26,31(7,8)9)32(10,11)12)40(44(28,35(19,20)21)36(22,23)24)39(37)43(27,33(13,14)15)34(16,17)18;1-7-21-13-14-24-10-4-20-5-11-25-17-15-22-8-2-19(1)3-9-23-16-18-26-12-6-20;2*1-2;;/h1-28H3;1-18H2;;;;/q;;;;;+1. The molecule has 443 valence electrons. The molecule has 0 aromatic carbocycles. The average molecular weight is 1270 g/mol. The van der Waals surface area contributed by atoms with Crippen LogP contribution < -0.4 is 51.4 Å². The van der Waals surface area contributed by atoms with Gasteiger partial charge in [-0.2, -0.15) is 0 Å². The second kappa shape index (κ2) is 33.8. The van der Waals surface area contributed by atoms with Crippen molar-refractivity contribution in [3.63, 3.8) is 0 Å². The predicted octanol–water partition coefficient (Wildman–Crippen LogP) is 9.97. The van der Waals surface area contributed by atoms with Gasteiger partial charge in [-0.15, -0.1) is 0 Å². The number of ether oxygens (including phenoxy) is 6. The third-order valence-corrected chi connectivity index (χ3v) is 193. The summed E-state index contributed by atoms with van der Waals surface area (Å²) in [6, 6.07) is 0. The van der Waals surface area contributed by atoms with E-state index < -0.39 is 59.8 Å². The molecule has 20 heteroatoms. The second-order valence-electron chi connectivity index (χ2n) is 30.4. The van der Waals surface area contributed by atoms with Gasteiger partial charge in [-0.1, -0.05) is 192 Å². The van der Waals surface area contributed by atoms with Crippen molar-refractivity contribution in [1.82, 2.24) is 9.80 Å². The first kappa shape index (κ1) is 83.3. The van der Waals surface area contributed by atoms with Gasteiger partial charge in [0.1, 0.15) is 0 Å². The minimum Gasteiger partial charge on any atom is 0 e. The SMILES string of the molecule is C1COCCN2CCOCCOCCN(CCO1)CCOCCOCC2.CC(C)(C)[Si](C)([Si]1[Si]([Si](C)(C(C)(C)C)C(C)(C)C)[Si]([Si](C)(C(C)(C)C)C(C)(C)C)[Si]1[Si](C)(C(C)(C)C)C(C)(C)C)C(C)(C)C.[C-]#[O+].[C-]#[O+].[Co].[K+]. The minimum atomic E-state index is -1.76. The Morgan fingerprint density at radius 1 is 0.276 bits per heavy atom. The number of fused-ring (bicyclic) bond motifs is 21. The molecule has 4 aliphatic rings. The Hall–Kier alpha value is 3.04. The summed E-state index contributed by atoms with van der Waals surface area (Å²) in [6.07, 6.45) is 0. The molecule has 0 atom stereocenters. The van der Waals surface area contributed by atoms with E-state index in [0.717, 1.165) is 39.3 Å². The first-order valence-electron chi connectivity index (χ1n) is 28.3. The van der Waals surface area contributed by atoms with Gasteiger partial charge in [-0.05, 0) is 40.3 Å². The molecule has 4 rings (SSSR count). The van der Waals surface area contributed by atoms with Gasteiger partial charge in [0.2, 0.25) is 0 Å². The molecule has 0 aliphatic carbocycles. The van der Waals surface area contributed by atoms with Gasteiger partial charge in [0.15, 0.2) is 0 Å². The van der Waals surface area contributed by atoms with Gasteiger partial charge in [0.05, 0.1) is 79.3 Å². The van der Waals surface area contributed by atoms with Crippen LogP contribution in [0.4, 0.5) is 0 Å². The fourth-order valence-corrected chi connectivity index (χ4v) is 355. The molecule has 4 fully saturated rings. The van der Waals surface area contributed by atoms with E-state index in [9.17, 15) is 0 Å². The number of hydrogen-bond acceptors (Lipinski definition) is 8. The van der Waals surface area contributed by atoms with Crippen LogP contribution in [0.5, 0.6) is 0 Å². The zero-order chi connectivity index (χ0) is 58.4. The Balaban J connectivity index is -0.00000142. The molecular weight excluding hydrogens is 1150 g/mol. The molecule has 0 amide bonds. The first-order valence-corrected chi connectivity index (χ1v) is 52.3. The molecule has 2 bridgehead atoms. The first-order chi connectivity index (χ1) is 33.4. The summed E-state index contributed by atoms with van der Waals surface area (Å²) in [4.78, 5) is 4.62. The molecule has 4 saturated heterocycles. The molecule has 0 spiro atoms. The van der Waals surface area contributed by atoms with Crippen molar-refractivity contribution in [3.05, 3.63) is 13.3 Å². The molecule has 10 nitrogen and oxygen atoms in total. The van der Waals surface area contributed by atoms with Crippen molar-refractivity contribution in [2.75, 3.05) is 119 Å². The fraction of sp³-hybridized carbons (Fsp3) is 0.964. The van der Waals surface area contributed by atoms with E-state index in [0.29, 0.717) is 120 Å². The van der Waals surface area contributed by atoms with Gasteiger partial charge in [-0.3, -0.25) is 9.80 Å². The van der Waals surface area contributed by atoms with Crippen LogP contribution >= 0.6 is 0 Å². The zero-order valence-electron chi connectivity index (χ0n) is 55.2. The maximum absolute atomic E-state index is 7.50. The monoisotopic (exact) mass is 1270 g/mol. The molecule has 0 aromatic rings. The van der Waals surface area contributed by atoms with Crippen LogP contribution in [-0.2, 0) is 54.5 Å². The smallest absolute Gasteiger partial charge is 0 e. The van der Waals surface area contributed by atoms with Crippen molar-refractivity contribution in [2.24, 2.45) is 0 Å². The van der Waals surface area contributed by atoms with Crippen molar-refractivity contribution < 1.29 is 106 Å². The average Bonchev–Trinajstić information content (AvgIpc) is 3.23. The normalized spacial score (nSPS) is 22.0. The topological polar surface area (TPSA) is 102 Å². The summed E-state index contributed by atoms with van der Waals surface area (Å²) >= 11 is 0. The van der Waals surface area contributed by atoms with Gasteiger partial charge < -0.3 is 28.4 Å². The number of nitrogens with zero attached hydrogens (tertiary/aromatic N) is 2. The van der Waals surface area contributed by atoms with Gasteiger partial charge in [-0.25, -0.2) is 0 Å². The van der Waals surface area contributed by atoms with Crippen LogP contribution in [0.3, 0.4) is 0 Å². The molecule has 76 heavy (non-hydrogen) atoms. The maximum Gasteiger partial charge on any atom is 1.00 e. The summed E-state index contributed by atoms with van der Waals surface area (Å²) in [6.45, 7) is 100. The molecular formula is C56H120CoKN2O8Si8+. The van der Waals surface area contributed by atoms with Crippen LogP contribution in [0, 0.1) is 13.3 Å². The fourth-order valence-electron chi connectivity index (χ4n) is 12.7. The second-order valence-corrected chi connectivity index (χ2v) is 102. The minimum absolute atomic E-state index is 0. The third-order valence-electron chi connectivity index (χ3n) is 19.4. The Morgan fingerprint density at radius 2 is 0.382 bits per heavy atom. The number of hydrogen-bond donors (Lipinski definition) is 0. The summed E-state index contributed by atoms with van der Waals surface area (Å²) in [5, 5.41) is 3.53. The van der Waals surface area contributed by atoms with Crippen molar-refractivity contribution in [1.29, 1.82) is 0 Å². The van der Waals surface area contributed by atoms with E-state index >= 15 is 0 Å². The Morgan fingerprint density at radius 3 is 0.474 bits per heavy atom. The molecule has 5 radical (unpaired) electrons. The predicted molar refractivity (Wildman–Crippen MR) is 333 cm³/mol. The summed E-state index contributed by atoms with van der Waals surface area (Å²) in [7, 11) is -9.13. The van der Waals surface area contributed by atoms with Crippen LogP contribution in [0.1, 0.15) is 166 Å². The van der Waals surface area contributed by atoms with E-state index in [-0.39, 0.29) is 68.2 Å². The van der Waals surface area contributed by atoms with E-state index in [2.05, 4.69) is 215 Å². The van der Waals surface area contributed by atoms with Crippen molar-refractivity contribution >= 4 is 59.8 Å². The maximum atomic E-state index is 7.50. The molecule has 4 heterocycles. The van der Waals surface area contributed by atoms with Crippen molar-refractivity contribution in [2.45, 2.75) is 233 Å². The van der Waals surface area contributed by atoms with E-state index in [4.69, 9.17) is 37.7 Å². The Bertz CT molecular complexity index is 1350. The number of rotatable bonds is 4. The molecule has 0 N–H and O–H groups in total. The van der Waals surface area contributed by atoms with Crippen LogP contribution in [0.25, 0.3) is 0 Å². The summed E-state index contributed by atoms with van der Waals surface area (Å²) in [5.74, 6) is 0. The molecule has 0 aromatic heterocycles. The van der Waals surface area contributed by atoms with Crippen LogP contribution in [-0.4, -0.2) is 188 Å². The quantitative estimate of drug-likeness (QED) is 0.156. The largest absolute Gasteiger partial charge is 1.00 e. The summed E-state index contributed by atoms with van der Waals surface area (Å²) in [5.41, 5.74) is 0. The molecule has 0 saturated carbocycles. The van der Waals surface area contributed by atoms with Crippen molar-refractivity contribution in [3.8, 4) is 0 Å². The third kappa shape index (κ3) is 20.3.